The van der Waals surface area contributed by atoms with Gasteiger partial charge < -0.3 is 47.5 Å². The Morgan fingerprint density at radius 2 is 1.60 bits per heavy atom. The van der Waals surface area contributed by atoms with Crippen molar-refractivity contribution in [3.05, 3.63) is 83.6 Å². The van der Waals surface area contributed by atoms with Crippen LogP contribution < -0.4 is 47.8 Å². The smallest absolute Gasteiger partial charge is 0.305 e. The number of carbonyl (C=O) groups excluding carboxylic acids is 6. The molecule has 65 heavy (non-hydrogen) atoms. The van der Waals surface area contributed by atoms with Crippen LogP contribution in [0.15, 0.2) is 76.9 Å². The standard InChI is InChI=1S/C42H54N10O12S/c1-25(2)37-42(60)50-31(41(59)49-32(21-36(54)55)39(57)46-24-35(53)48-30(40(58)51-37)9-5-6-17-43)20-26-11-14-29(15-12-26)64-19-7-18-44-38(56)28-13-16-34(45-22-28)52-47-23-27-8-3-4-10-33(27)65(61,62)63/h3-4,8,10-16,22-23,25,30-32,37H,5-7,9,17-21,24,43H2,1-2H3,(H,44,56)(H,45,52)(H,46,57)(H,48,53)(H,49,59)(H,50,60)(H,51,58)(H,54,55)(H,61,62,63)/b47-23-/t30?,31-,32-,37-/m1/s1. The summed E-state index contributed by atoms with van der Waals surface area (Å²) in [5, 5.41) is 28.8. The van der Waals surface area contributed by atoms with E-state index in [1.807, 2.05) is 0 Å². The lowest BCUT2D eigenvalue weighted by Gasteiger charge is -2.27. The van der Waals surface area contributed by atoms with E-state index < -0.39 is 94.6 Å². The van der Waals surface area contributed by atoms with E-state index in [2.05, 4.69) is 47.4 Å². The van der Waals surface area contributed by atoms with Gasteiger partial charge in [-0.3, -0.25) is 43.5 Å². The van der Waals surface area contributed by atoms with Crippen molar-refractivity contribution in [2.75, 3.05) is 31.7 Å². The third-order valence-corrected chi connectivity index (χ3v) is 10.7. The third kappa shape index (κ3) is 16.6. The first-order valence-corrected chi connectivity index (χ1v) is 22.1. The second-order valence-corrected chi connectivity index (χ2v) is 16.6. The number of aromatic nitrogens is 1. The zero-order valence-corrected chi connectivity index (χ0v) is 36.6. The lowest BCUT2D eigenvalue weighted by atomic mass is 9.99. The number of hydrogen-bond acceptors (Lipinski definition) is 14. The minimum Gasteiger partial charge on any atom is -0.494 e. The number of nitrogens with zero attached hydrogens (tertiary/aromatic N) is 2. The van der Waals surface area contributed by atoms with Crippen LogP contribution in [0.3, 0.4) is 0 Å². The number of ether oxygens (including phenoxy) is 1. The fraction of sp³-hybridized carbons (Fsp3) is 0.405. The summed E-state index contributed by atoms with van der Waals surface area (Å²) >= 11 is 0. The van der Waals surface area contributed by atoms with Crippen molar-refractivity contribution in [1.82, 2.24) is 36.9 Å². The molecule has 4 rings (SSSR count). The molecule has 1 aliphatic rings. The molecule has 4 atom stereocenters. The molecule has 3 aromatic rings. The predicted molar refractivity (Wildman–Crippen MR) is 235 cm³/mol. The average molecular weight is 923 g/mol. The Balaban J connectivity index is 1.35. The Hall–Kier alpha value is -6.98. The highest BCUT2D eigenvalue weighted by Crippen LogP contribution is 2.16. The number of benzene rings is 2. The molecule has 22 nitrogen and oxygen atoms in total. The summed E-state index contributed by atoms with van der Waals surface area (Å²) < 4.78 is 38.3. The van der Waals surface area contributed by atoms with Crippen LogP contribution in [0.2, 0.25) is 0 Å². The van der Waals surface area contributed by atoms with Gasteiger partial charge in [0.05, 0.1) is 31.4 Å². The summed E-state index contributed by atoms with van der Waals surface area (Å²) in [5.74, 6) is -5.51. The maximum Gasteiger partial charge on any atom is 0.305 e. The van der Waals surface area contributed by atoms with E-state index >= 15 is 0 Å². The number of pyridine rings is 1. The van der Waals surface area contributed by atoms with Gasteiger partial charge in [0.2, 0.25) is 29.5 Å². The van der Waals surface area contributed by atoms with Crippen molar-refractivity contribution >= 4 is 63.6 Å². The van der Waals surface area contributed by atoms with Gasteiger partial charge >= 0.3 is 5.97 Å². The van der Waals surface area contributed by atoms with Crippen molar-refractivity contribution in [1.29, 1.82) is 0 Å². The van der Waals surface area contributed by atoms with Gasteiger partial charge in [0.15, 0.2) is 0 Å². The van der Waals surface area contributed by atoms with Gasteiger partial charge in [0.25, 0.3) is 16.0 Å². The Morgan fingerprint density at radius 3 is 2.26 bits per heavy atom. The number of rotatable bonds is 19. The van der Waals surface area contributed by atoms with Gasteiger partial charge in [-0.2, -0.15) is 13.5 Å². The summed E-state index contributed by atoms with van der Waals surface area (Å²) in [5.41, 5.74) is 9.20. The fourth-order valence-corrected chi connectivity index (χ4v) is 6.99. The van der Waals surface area contributed by atoms with Gasteiger partial charge in [-0.25, -0.2) is 4.98 Å². The van der Waals surface area contributed by atoms with E-state index in [-0.39, 0.29) is 47.8 Å². The second kappa shape index (κ2) is 24.8. The highest BCUT2D eigenvalue weighted by atomic mass is 32.2. The lowest BCUT2D eigenvalue weighted by molar-refractivity contribution is -0.141. The number of nitrogens with one attached hydrogen (secondary N) is 7. The maximum absolute atomic E-state index is 13.8. The van der Waals surface area contributed by atoms with Crippen LogP contribution in [0.25, 0.3) is 0 Å². The number of amides is 6. The number of carbonyl (C=O) groups is 7. The van der Waals surface area contributed by atoms with E-state index in [1.165, 1.54) is 42.7 Å². The number of unbranched alkanes of at least 4 members (excludes halogenated alkanes) is 1. The van der Waals surface area contributed by atoms with E-state index in [0.717, 1.165) is 0 Å². The summed E-state index contributed by atoms with van der Waals surface area (Å²) in [6, 6.07) is 10.1. The van der Waals surface area contributed by atoms with E-state index in [0.29, 0.717) is 37.1 Å². The second-order valence-electron chi connectivity index (χ2n) is 15.2. The monoisotopic (exact) mass is 922 g/mol. The molecule has 0 bridgehead atoms. The van der Waals surface area contributed by atoms with Gasteiger partial charge in [-0.1, -0.05) is 44.2 Å². The molecular weight excluding hydrogens is 869 g/mol. The molecule has 350 valence electrons. The van der Waals surface area contributed by atoms with Crippen LogP contribution >= 0.6 is 0 Å². The number of hydrogen-bond donors (Lipinski definition) is 10. The van der Waals surface area contributed by atoms with Crippen molar-refractivity contribution in [2.45, 2.75) is 81.4 Å². The number of aliphatic carboxylic acids is 1. The Bertz CT molecular complexity index is 2290. The number of nitrogens with two attached hydrogens (primary N) is 1. The van der Waals surface area contributed by atoms with E-state index in [9.17, 15) is 51.6 Å². The van der Waals surface area contributed by atoms with Gasteiger partial charge in [-0.15, -0.1) is 0 Å². The van der Waals surface area contributed by atoms with Crippen molar-refractivity contribution in [2.24, 2.45) is 16.8 Å². The van der Waals surface area contributed by atoms with Crippen LogP contribution in [0.1, 0.15) is 67.4 Å². The molecule has 23 heteroatoms. The van der Waals surface area contributed by atoms with Crippen molar-refractivity contribution in [3.8, 4) is 5.75 Å². The highest BCUT2D eigenvalue weighted by Gasteiger charge is 2.34. The minimum absolute atomic E-state index is 0.115. The van der Waals surface area contributed by atoms with Gasteiger partial charge in [0.1, 0.15) is 40.6 Å². The first-order valence-electron chi connectivity index (χ1n) is 20.7. The number of carboxylic acid groups (broad SMARTS) is 1. The van der Waals surface area contributed by atoms with E-state index in [1.54, 1.807) is 44.2 Å². The van der Waals surface area contributed by atoms with Crippen LogP contribution in [0.5, 0.6) is 5.75 Å². The largest absolute Gasteiger partial charge is 0.494 e. The first kappa shape index (κ1) is 50.7. The molecule has 0 aliphatic carbocycles. The molecule has 0 radical (unpaired) electrons. The summed E-state index contributed by atoms with van der Waals surface area (Å²) in [4.78, 5) is 94.9. The molecule has 1 saturated heterocycles. The summed E-state index contributed by atoms with van der Waals surface area (Å²) in [6.07, 6.45) is 3.23. The molecule has 1 aromatic heterocycles. The van der Waals surface area contributed by atoms with Gasteiger partial charge in [0, 0.05) is 24.7 Å². The average Bonchev–Trinajstić information content (AvgIpc) is 3.26. The maximum atomic E-state index is 13.8. The normalized spacial score (nSPS) is 18.9. The molecule has 6 amide bonds. The third-order valence-electron chi connectivity index (χ3n) is 9.76. The SMILES string of the molecule is CC(C)[C@H]1NC(=O)C(CCCCN)NC(=O)CNC(=O)[C@@H](CC(=O)O)NC(=O)[C@@H](Cc2ccc(OCCCNC(=O)c3ccc(N/N=C\c4ccccc4S(=O)(=O)O)nc3)cc2)NC1=O. The predicted octanol–water partition coefficient (Wildman–Crippen LogP) is -0.156. The Kier molecular flexibility index (Phi) is 19.3. The molecule has 11 N–H and O–H groups in total. The number of hydrazone groups is 1. The summed E-state index contributed by atoms with van der Waals surface area (Å²) in [6.45, 7) is 3.57. The van der Waals surface area contributed by atoms with E-state index in [4.69, 9.17) is 10.5 Å². The number of anilines is 1. The molecule has 1 aliphatic heterocycles. The zero-order chi connectivity index (χ0) is 47.5. The van der Waals surface area contributed by atoms with Crippen LogP contribution in [-0.2, 0) is 45.3 Å². The molecular formula is C42H54N10O12S. The minimum atomic E-state index is -4.45. The fourth-order valence-electron chi connectivity index (χ4n) is 6.32. The molecule has 1 unspecified atom stereocenters. The summed E-state index contributed by atoms with van der Waals surface area (Å²) in [7, 11) is -4.45. The number of carboxylic acids is 1. The molecule has 0 spiro atoms. The Morgan fingerprint density at radius 1 is 0.892 bits per heavy atom. The Labute approximate surface area is 375 Å². The molecule has 2 heterocycles. The van der Waals surface area contributed by atoms with Crippen LogP contribution in [0, 0.1) is 5.92 Å². The van der Waals surface area contributed by atoms with Crippen molar-refractivity contribution in [3.63, 3.8) is 0 Å². The topological polar surface area (TPSA) is 339 Å². The zero-order valence-electron chi connectivity index (χ0n) is 35.7. The quantitative estimate of drug-likeness (QED) is 0.0323. The van der Waals surface area contributed by atoms with Crippen LogP contribution in [0.4, 0.5) is 5.82 Å². The van der Waals surface area contributed by atoms with Gasteiger partial charge in [-0.05, 0) is 74.0 Å². The lowest BCUT2D eigenvalue weighted by Crippen LogP contribution is -2.59. The van der Waals surface area contributed by atoms with Crippen molar-refractivity contribution < 1.29 is 56.4 Å². The molecule has 0 saturated carbocycles. The molecule has 2 aromatic carbocycles. The van der Waals surface area contributed by atoms with Crippen LogP contribution in [-0.4, -0.2) is 121 Å². The molecule has 1 fully saturated rings. The first-order chi connectivity index (χ1) is 30.9. The highest BCUT2D eigenvalue weighted by molar-refractivity contribution is 7.86.